The Kier molecular flexibility index (Phi) is 4.65. The van der Waals surface area contributed by atoms with Crippen LogP contribution in [0.2, 0.25) is 0 Å². The van der Waals surface area contributed by atoms with Crippen molar-refractivity contribution in [1.29, 1.82) is 0 Å². The second kappa shape index (κ2) is 6.31. The van der Waals surface area contributed by atoms with Gasteiger partial charge in [0.15, 0.2) is 0 Å². The first-order valence-corrected chi connectivity index (χ1v) is 7.40. The quantitative estimate of drug-likeness (QED) is 0.902. The molecule has 0 unspecified atom stereocenters. The third-order valence-corrected chi connectivity index (χ3v) is 4.43. The van der Waals surface area contributed by atoms with Gasteiger partial charge in [0.05, 0.1) is 21.5 Å². The first-order valence-electron chi connectivity index (χ1n) is 6.60. The lowest BCUT2D eigenvalue weighted by Gasteiger charge is -2.14. The SMILES string of the molecule is Cc1nn(-c2ccc(C(=O)N(C)CC(=O)O)cc2)c(C)c1Br. The Morgan fingerprint density at radius 3 is 2.32 bits per heavy atom. The fraction of sp³-hybridized carbons (Fsp3) is 0.267. The highest BCUT2D eigenvalue weighted by Crippen LogP contribution is 2.23. The van der Waals surface area contributed by atoms with Crippen molar-refractivity contribution in [2.75, 3.05) is 13.6 Å². The number of likely N-dealkylation sites (N-methyl/N-ethyl adjacent to an activating group) is 1. The van der Waals surface area contributed by atoms with Gasteiger partial charge >= 0.3 is 5.97 Å². The molecule has 0 spiro atoms. The molecule has 0 radical (unpaired) electrons. The molecule has 116 valence electrons. The molecule has 0 saturated carbocycles. The molecule has 6 nitrogen and oxygen atoms in total. The van der Waals surface area contributed by atoms with Gasteiger partial charge in [0.25, 0.3) is 5.91 Å². The molecule has 0 aliphatic rings. The third-order valence-electron chi connectivity index (χ3n) is 3.28. The number of aromatic nitrogens is 2. The number of aryl methyl sites for hydroxylation is 1. The lowest BCUT2D eigenvalue weighted by molar-refractivity contribution is -0.137. The minimum absolute atomic E-state index is 0.328. The van der Waals surface area contributed by atoms with Gasteiger partial charge in [0.2, 0.25) is 0 Å². The summed E-state index contributed by atoms with van der Waals surface area (Å²) in [6, 6.07) is 6.90. The molecule has 0 aliphatic carbocycles. The number of carboxylic acid groups (broad SMARTS) is 1. The number of carbonyl (C=O) groups excluding carboxylic acids is 1. The minimum atomic E-state index is -1.04. The molecule has 1 N–H and O–H groups in total. The second-order valence-corrected chi connectivity index (χ2v) is 5.79. The Labute approximate surface area is 136 Å². The van der Waals surface area contributed by atoms with Gasteiger partial charge in [-0.2, -0.15) is 5.10 Å². The van der Waals surface area contributed by atoms with Gasteiger partial charge in [-0.15, -0.1) is 0 Å². The average Bonchev–Trinajstić information content (AvgIpc) is 2.73. The number of halogens is 1. The van der Waals surface area contributed by atoms with E-state index in [4.69, 9.17) is 5.11 Å². The van der Waals surface area contributed by atoms with E-state index in [-0.39, 0.29) is 12.5 Å². The lowest BCUT2D eigenvalue weighted by Crippen LogP contribution is -2.31. The Morgan fingerprint density at radius 2 is 1.86 bits per heavy atom. The van der Waals surface area contributed by atoms with Gasteiger partial charge in [0, 0.05) is 12.6 Å². The van der Waals surface area contributed by atoms with Gasteiger partial charge in [-0.1, -0.05) is 0 Å². The van der Waals surface area contributed by atoms with Crippen LogP contribution in [0.4, 0.5) is 0 Å². The Balaban J connectivity index is 2.25. The van der Waals surface area contributed by atoms with Crippen molar-refractivity contribution in [3.63, 3.8) is 0 Å². The Hall–Kier alpha value is -2.15. The number of nitrogens with zero attached hydrogens (tertiary/aromatic N) is 3. The van der Waals surface area contributed by atoms with E-state index in [9.17, 15) is 9.59 Å². The van der Waals surface area contributed by atoms with Crippen LogP contribution in [0.1, 0.15) is 21.7 Å². The topological polar surface area (TPSA) is 75.4 Å². The van der Waals surface area contributed by atoms with Crippen LogP contribution in [-0.4, -0.2) is 45.3 Å². The van der Waals surface area contributed by atoms with Crippen LogP contribution in [0.3, 0.4) is 0 Å². The summed E-state index contributed by atoms with van der Waals surface area (Å²) in [5, 5.41) is 13.1. The number of aliphatic carboxylic acids is 1. The zero-order chi connectivity index (χ0) is 16.4. The van der Waals surface area contributed by atoms with E-state index in [1.165, 1.54) is 7.05 Å². The average molecular weight is 366 g/mol. The first-order chi connectivity index (χ1) is 10.3. The number of benzene rings is 1. The zero-order valence-electron chi connectivity index (χ0n) is 12.5. The molecule has 1 aromatic carbocycles. The highest BCUT2D eigenvalue weighted by atomic mass is 79.9. The van der Waals surface area contributed by atoms with Crippen molar-refractivity contribution in [2.45, 2.75) is 13.8 Å². The standard InChI is InChI=1S/C15H16BrN3O3/c1-9-14(16)10(2)19(17-9)12-6-4-11(5-7-12)15(22)18(3)8-13(20)21/h4-7H,8H2,1-3H3,(H,20,21). The fourth-order valence-corrected chi connectivity index (χ4v) is 2.36. The number of rotatable bonds is 4. The summed E-state index contributed by atoms with van der Waals surface area (Å²) in [7, 11) is 1.46. The van der Waals surface area contributed by atoms with Gasteiger partial charge in [-0.25, -0.2) is 4.68 Å². The van der Waals surface area contributed by atoms with Gasteiger partial charge in [0.1, 0.15) is 6.54 Å². The predicted octanol–water partition coefficient (Wildman–Crippen LogP) is 2.41. The maximum Gasteiger partial charge on any atom is 0.323 e. The molecule has 0 atom stereocenters. The number of hydrogen-bond donors (Lipinski definition) is 1. The number of carboxylic acids is 1. The maximum absolute atomic E-state index is 12.1. The maximum atomic E-state index is 12.1. The van der Waals surface area contributed by atoms with Crippen LogP contribution in [-0.2, 0) is 4.79 Å². The predicted molar refractivity (Wildman–Crippen MR) is 85.3 cm³/mol. The molecule has 1 amide bonds. The summed E-state index contributed by atoms with van der Waals surface area (Å²) in [5.41, 5.74) is 3.13. The molecule has 0 aliphatic heterocycles. The number of hydrogen-bond acceptors (Lipinski definition) is 3. The summed E-state index contributed by atoms with van der Waals surface area (Å²) >= 11 is 3.48. The molecular weight excluding hydrogens is 350 g/mol. The molecule has 0 saturated heterocycles. The zero-order valence-corrected chi connectivity index (χ0v) is 14.1. The molecule has 22 heavy (non-hydrogen) atoms. The molecule has 0 bridgehead atoms. The Bertz CT molecular complexity index is 722. The van der Waals surface area contributed by atoms with Crippen LogP contribution < -0.4 is 0 Å². The Morgan fingerprint density at radius 1 is 1.27 bits per heavy atom. The molecule has 0 fully saturated rings. The molecule has 1 aromatic heterocycles. The largest absolute Gasteiger partial charge is 0.480 e. The van der Waals surface area contributed by atoms with Gasteiger partial charge in [-0.3, -0.25) is 9.59 Å². The smallest absolute Gasteiger partial charge is 0.323 e. The van der Waals surface area contributed by atoms with Crippen molar-refractivity contribution in [3.8, 4) is 5.69 Å². The van der Waals surface area contributed by atoms with Crippen molar-refractivity contribution in [1.82, 2.24) is 14.7 Å². The number of amides is 1. The number of carbonyl (C=O) groups is 2. The van der Waals surface area contributed by atoms with Crippen molar-refractivity contribution < 1.29 is 14.7 Å². The van der Waals surface area contributed by atoms with Crippen LogP contribution in [0.5, 0.6) is 0 Å². The van der Waals surface area contributed by atoms with E-state index in [1.54, 1.807) is 28.9 Å². The van der Waals surface area contributed by atoms with E-state index in [0.717, 1.165) is 26.4 Å². The molecule has 2 rings (SSSR count). The van der Waals surface area contributed by atoms with Crippen molar-refractivity contribution >= 4 is 27.8 Å². The van der Waals surface area contributed by atoms with Crippen LogP contribution in [0.25, 0.3) is 5.69 Å². The molecule has 2 aromatic rings. The van der Waals surface area contributed by atoms with E-state index in [1.807, 2.05) is 13.8 Å². The summed E-state index contributed by atoms with van der Waals surface area (Å²) in [6.07, 6.45) is 0. The minimum Gasteiger partial charge on any atom is -0.480 e. The van der Waals surface area contributed by atoms with Crippen LogP contribution in [0.15, 0.2) is 28.7 Å². The van der Waals surface area contributed by atoms with E-state index >= 15 is 0 Å². The summed E-state index contributed by atoms with van der Waals surface area (Å²) in [5.74, 6) is -1.37. The summed E-state index contributed by atoms with van der Waals surface area (Å²) < 4.78 is 2.74. The molecule has 1 heterocycles. The fourth-order valence-electron chi connectivity index (χ4n) is 2.12. The summed E-state index contributed by atoms with van der Waals surface area (Å²) in [4.78, 5) is 23.9. The second-order valence-electron chi connectivity index (χ2n) is 5.00. The first kappa shape index (κ1) is 16.2. The van der Waals surface area contributed by atoms with Crippen molar-refractivity contribution in [3.05, 3.63) is 45.7 Å². The normalized spacial score (nSPS) is 10.5. The molecule has 7 heteroatoms. The van der Waals surface area contributed by atoms with Crippen molar-refractivity contribution in [2.24, 2.45) is 0 Å². The lowest BCUT2D eigenvalue weighted by atomic mass is 10.2. The van der Waals surface area contributed by atoms with Crippen LogP contribution in [0, 0.1) is 13.8 Å². The monoisotopic (exact) mass is 365 g/mol. The third kappa shape index (κ3) is 3.19. The van der Waals surface area contributed by atoms with E-state index < -0.39 is 5.97 Å². The summed E-state index contributed by atoms with van der Waals surface area (Å²) in [6.45, 7) is 3.53. The van der Waals surface area contributed by atoms with Gasteiger partial charge < -0.3 is 10.0 Å². The van der Waals surface area contributed by atoms with E-state index in [0.29, 0.717) is 5.56 Å². The van der Waals surface area contributed by atoms with Crippen LogP contribution >= 0.6 is 15.9 Å². The van der Waals surface area contributed by atoms with Gasteiger partial charge in [-0.05, 0) is 54.0 Å². The molecular formula is C15H16BrN3O3. The highest BCUT2D eigenvalue weighted by Gasteiger charge is 2.15. The highest BCUT2D eigenvalue weighted by molar-refractivity contribution is 9.10. The van der Waals surface area contributed by atoms with E-state index in [2.05, 4.69) is 21.0 Å².